The average Bonchev–Trinajstić information content (AvgIpc) is 3.26. The zero-order valence-corrected chi connectivity index (χ0v) is 14.8. The van der Waals surface area contributed by atoms with E-state index in [1.165, 1.54) is 12.1 Å². The van der Waals surface area contributed by atoms with Gasteiger partial charge in [-0.15, -0.1) is 24.8 Å². The highest BCUT2D eigenvalue weighted by molar-refractivity contribution is 6.31. The highest BCUT2D eigenvalue weighted by Gasteiger charge is 2.39. The predicted molar refractivity (Wildman–Crippen MR) is 90.9 cm³/mol. The summed E-state index contributed by atoms with van der Waals surface area (Å²) < 4.78 is 38.9. The van der Waals surface area contributed by atoms with Crippen molar-refractivity contribution in [3.8, 4) is 0 Å². The summed E-state index contributed by atoms with van der Waals surface area (Å²) in [5.41, 5.74) is 0.0265. The summed E-state index contributed by atoms with van der Waals surface area (Å²) in [6.45, 7) is 3.46. The summed E-state index contributed by atoms with van der Waals surface area (Å²) in [7, 11) is 0. The van der Waals surface area contributed by atoms with E-state index in [0.717, 1.165) is 45.1 Å². The predicted octanol–water partition coefficient (Wildman–Crippen LogP) is 4.56. The number of nitrogens with one attached hydrogen (secondary N) is 1. The molecule has 8 heteroatoms. The third-order valence-electron chi connectivity index (χ3n) is 4.26. The number of piperazine rings is 1. The Balaban J connectivity index is 0.00000132. The Morgan fingerprint density at radius 1 is 1.13 bits per heavy atom. The number of hydrogen-bond acceptors (Lipinski definition) is 2. The molecule has 2 aliphatic rings. The third kappa shape index (κ3) is 4.89. The molecule has 2 nitrogen and oxygen atoms in total. The first kappa shape index (κ1) is 20.8. The van der Waals surface area contributed by atoms with Crippen LogP contribution in [0.1, 0.15) is 30.0 Å². The zero-order valence-electron chi connectivity index (χ0n) is 12.4. The summed E-state index contributed by atoms with van der Waals surface area (Å²) in [4.78, 5) is 2.27. The van der Waals surface area contributed by atoms with Crippen LogP contribution >= 0.6 is 36.4 Å². The Morgan fingerprint density at radius 2 is 1.74 bits per heavy atom. The molecule has 1 saturated heterocycles. The molecule has 1 saturated carbocycles. The maximum Gasteiger partial charge on any atom is 0.416 e. The molecule has 0 spiro atoms. The minimum absolute atomic E-state index is 0. The molecule has 3 rings (SSSR count). The Kier molecular flexibility index (Phi) is 7.48. The fourth-order valence-corrected chi connectivity index (χ4v) is 3.30. The van der Waals surface area contributed by atoms with E-state index >= 15 is 0 Å². The van der Waals surface area contributed by atoms with Gasteiger partial charge < -0.3 is 5.32 Å². The lowest BCUT2D eigenvalue weighted by atomic mass is 9.97. The van der Waals surface area contributed by atoms with Crippen LogP contribution in [0.2, 0.25) is 5.02 Å². The van der Waals surface area contributed by atoms with E-state index in [4.69, 9.17) is 11.6 Å². The van der Waals surface area contributed by atoms with E-state index in [2.05, 4.69) is 10.2 Å². The van der Waals surface area contributed by atoms with E-state index in [1.54, 1.807) is 0 Å². The molecule has 1 atom stereocenters. The number of alkyl halides is 3. The van der Waals surface area contributed by atoms with E-state index < -0.39 is 11.7 Å². The number of benzene rings is 1. The van der Waals surface area contributed by atoms with Crippen LogP contribution in [0.5, 0.6) is 0 Å². The van der Waals surface area contributed by atoms with Gasteiger partial charge in [-0.25, -0.2) is 0 Å². The van der Waals surface area contributed by atoms with Crippen molar-refractivity contribution in [1.29, 1.82) is 0 Å². The molecule has 0 radical (unpaired) electrons. The van der Waals surface area contributed by atoms with Crippen molar-refractivity contribution < 1.29 is 13.2 Å². The van der Waals surface area contributed by atoms with E-state index in [9.17, 15) is 13.2 Å². The monoisotopic (exact) mass is 390 g/mol. The summed E-state index contributed by atoms with van der Waals surface area (Å²) >= 11 is 6.22. The van der Waals surface area contributed by atoms with Crippen LogP contribution < -0.4 is 5.32 Å². The van der Waals surface area contributed by atoms with Gasteiger partial charge in [0.2, 0.25) is 0 Å². The number of nitrogens with zero attached hydrogens (tertiary/aromatic N) is 1. The van der Waals surface area contributed by atoms with Crippen LogP contribution in [0.15, 0.2) is 18.2 Å². The normalized spacial score (nSPS) is 20.3. The fourth-order valence-electron chi connectivity index (χ4n) is 3.07. The molecule has 1 aromatic rings. The van der Waals surface area contributed by atoms with Crippen LogP contribution in [0.3, 0.4) is 0 Å². The van der Waals surface area contributed by atoms with Gasteiger partial charge >= 0.3 is 6.18 Å². The van der Waals surface area contributed by atoms with Gasteiger partial charge in [0.05, 0.1) is 5.56 Å². The van der Waals surface area contributed by atoms with Crippen molar-refractivity contribution in [2.24, 2.45) is 5.92 Å². The summed E-state index contributed by atoms with van der Waals surface area (Å²) in [6.07, 6.45) is -2.18. The van der Waals surface area contributed by atoms with Gasteiger partial charge in [-0.05, 0) is 42.5 Å². The molecule has 0 aromatic heterocycles. The van der Waals surface area contributed by atoms with Crippen molar-refractivity contribution in [3.05, 3.63) is 34.3 Å². The Bertz CT molecular complexity index is 515. The lowest BCUT2D eigenvalue weighted by molar-refractivity contribution is -0.137. The molecule has 0 amide bonds. The smallest absolute Gasteiger partial charge is 0.314 e. The molecule has 132 valence electrons. The second kappa shape index (κ2) is 8.26. The molecular weight excluding hydrogens is 372 g/mol. The molecule has 0 bridgehead atoms. The lowest BCUT2D eigenvalue weighted by Gasteiger charge is -2.36. The topological polar surface area (TPSA) is 15.3 Å². The Labute approximate surface area is 151 Å². The third-order valence-corrected chi connectivity index (χ3v) is 4.60. The largest absolute Gasteiger partial charge is 0.416 e. The first-order chi connectivity index (χ1) is 9.97. The van der Waals surface area contributed by atoms with Crippen molar-refractivity contribution in [3.63, 3.8) is 0 Å². The van der Waals surface area contributed by atoms with Crippen molar-refractivity contribution in [2.75, 3.05) is 26.2 Å². The van der Waals surface area contributed by atoms with Gasteiger partial charge in [0.25, 0.3) is 0 Å². The van der Waals surface area contributed by atoms with Crippen molar-refractivity contribution in [1.82, 2.24) is 10.2 Å². The second-order valence-corrected chi connectivity index (χ2v) is 6.21. The highest BCUT2D eigenvalue weighted by Crippen LogP contribution is 2.47. The van der Waals surface area contributed by atoms with Crippen molar-refractivity contribution >= 4 is 36.4 Å². The average molecular weight is 392 g/mol. The van der Waals surface area contributed by atoms with Gasteiger partial charge in [-0.2, -0.15) is 13.2 Å². The molecule has 1 aliphatic carbocycles. The molecule has 0 unspecified atom stereocenters. The second-order valence-electron chi connectivity index (χ2n) is 5.80. The van der Waals surface area contributed by atoms with Gasteiger partial charge in [0, 0.05) is 37.2 Å². The first-order valence-electron chi connectivity index (χ1n) is 7.28. The summed E-state index contributed by atoms with van der Waals surface area (Å²) in [5.74, 6) is 0.434. The van der Waals surface area contributed by atoms with Crippen LogP contribution in [0.4, 0.5) is 13.2 Å². The number of halogens is 6. The van der Waals surface area contributed by atoms with E-state index in [1.807, 2.05) is 0 Å². The Hall–Kier alpha value is -0.200. The van der Waals surface area contributed by atoms with E-state index in [0.29, 0.717) is 16.5 Å². The van der Waals surface area contributed by atoms with Crippen molar-refractivity contribution in [2.45, 2.75) is 25.1 Å². The van der Waals surface area contributed by atoms with Gasteiger partial charge in [-0.3, -0.25) is 4.90 Å². The molecule has 1 heterocycles. The first-order valence-corrected chi connectivity index (χ1v) is 7.66. The SMILES string of the molecule is Cl.Cl.FC(F)(F)c1ccc(Cl)c([C@H](C2CC2)N2CCNCC2)c1. The van der Waals surface area contributed by atoms with Crippen LogP contribution in [0.25, 0.3) is 0 Å². The minimum Gasteiger partial charge on any atom is -0.314 e. The number of hydrogen-bond donors (Lipinski definition) is 1. The summed E-state index contributed by atoms with van der Waals surface area (Å²) in [6, 6.07) is 3.71. The zero-order chi connectivity index (χ0) is 15.0. The molecule has 1 aliphatic heterocycles. The van der Waals surface area contributed by atoms with Crippen LogP contribution in [-0.2, 0) is 6.18 Å². The molecule has 2 fully saturated rings. The fraction of sp³-hybridized carbons (Fsp3) is 0.600. The maximum atomic E-state index is 13.0. The van der Waals surface area contributed by atoms with Gasteiger partial charge in [-0.1, -0.05) is 11.6 Å². The van der Waals surface area contributed by atoms with Gasteiger partial charge in [0.1, 0.15) is 0 Å². The van der Waals surface area contributed by atoms with Gasteiger partial charge in [0.15, 0.2) is 0 Å². The minimum atomic E-state index is -4.32. The Morgan fingerprint density at radius 3 is 2.26 bits per heavy atom. The summed E-state index contributed by atoms with van der Waals surface area (Å²) in [5, 5.41) is 3.72. The molecular formula is C15H20Cl3F3N2. The highest BCUT2D eigenvalue weighted by atomic mass is 35.5. The standard InChI is InChI=1S/C15H18ClF3N2.2ClH/c16-13-4-3-11(15(17,18)19)9-12(13)14(10-1-2-10)21-7-5-20-6-8-21;;/h3-4,9-10,14,20H,1-2,5-8H2;2*1H/t14-;;/m0../s1. The van der Waals surface area contributed by atoms with Crippen LogP contribution in [0, 0.1) is 5.92 Å². The maximum absolute atomic E-state index is 13.0. The molecule has 23 heavy (non-hydrogen) atoms. The number of rotatable bonds is 3. The lowest BCUT2D eigenvalue weighted by Crippen LogP contribution is -2.45. The molecule has 1 aromatic carbocycles. The quantitative estimate of drug-likeness (QED) is 0.812. The molecule has 1 N–H and O–H groups in total. The van der Waals surface area contributed by atoms with Crippen LogP contribution in [-0.4, -0.2) is 31.1 Å². The van der Waals surface area contributed by atoms with E-state index in [-0.39, 0.29) is 30.9 Å².